The standard InChI is InChI=1S/C20H19N3O4S/c1-12-10-14(20(25)26-3)8-9-16(12)22-19(24)15-6-4-5-7-17(15)28-11-18-21-13(2)27-23-18/h4-10H,11H2,1-3H3,(H,22,24). The molecule has 1 aromatic heterocycles. The molecule has 7 nitrogen and oxygen atoms in total. The van der Waals surface area contributed by atoms with Gasteiger partial charge in [0.1, 0.15) is 0 Å². The Labute approximate surface area is 166 Å². The summed E-state index contributed by atoms with van der Waals surface area (Å²) in [6, 6.07) is 12.3. The van der Waals surface area contributed by atoms with E-state index < -0.39 is 5.97 Å². The number of anilines is 1. The number of esters is 1. The maximum Gasteiger partial charge on any atom is 0.337 e. The first kappa shape index (κ1) is 19.6. The van der Waals surface area contributed by atoms with Crippen molar-refractivity contribution in [2.75, 3.05) is 12.4 Å². The molecule has 0 saturated heterocycles. The van der Waals surface area contributed by atoms with E-state index in [1.54, 1.807) is 31.2 Å². The molecule has 2 aromatic carbocycles. The lowest BCUT2D eigenvalue weighted by atomic mass is 10.1. The number of aryl methyl sites for hydroxylation is 2. The van der Waals surface area contributed by atoms with Gasteiger partial charge in [0.2, 0.25) is 5.89 Å². The van der Waals surface area contributed by atoms with Crippen molar-refractivity contribution in [3.8, 4) is 0 Å². The summed E-state index contributed by atoms with van der Waals surface area (Å²) in [6.45, 7) is 3.55. The van der Waals surface area contributed by atoms with Gasteiger partial charge < -0.3 is 14.6 Å². The second-order valence-corrected chi connectivity index (χ2v) is 7.01. The minimum Gasteiger partial charge on any atom is -0.465 e. The molecule has 28 heavy (non-hydrogen) atoms. The second kappa shape index (κ2) is 8.71. The minimum atomic E-state index is -0.417. The molecule has 0 aliphatic rings. The van der Waals surface area contributed by atoms with Crippen LogP contribution in [0.2, 0.25) is 0 Å². The molecule has 3 rings (SSSR count). The highest BCUT2D eigenvalue weighted by molar-refractivity contribution is 7.98. The summed E-state index contributed by atoms with van der Waals surface area (Å²) < 4.78 is 9.69. The van der Waals surface area contributed by atoms with Gasteiger partial charge in [0, 0.05) is 17.5 Å². The summed E-state index contributed by atoms with van der Waals surface area (Å²) in [6.07, 6.45) is 0. The molecule has 3 aromatic rings. The Balaban J connectivity index is 1.75. The number of amides is 1. The maximum atomic E-state index is 12.8. The number of benzene rings is 2. The van der Waals surface area contributed by atoms with E-state index in [1.165, 1.54) is 18.9 Å². The van der Waals surface area contributed by atoms with Gasteiger partial charge in [-0.1, -0.05) is 17.3 Å². The molecule has 1 heterocycles. The number of hydrogen-bond acceptors (Lipinski definition) is 7. The minimum absolute atomic E-state index is 0.235. The first-order valence-electron chi connectivity index (χ1n) is 8.49. The molecule has 0 fully saturated rings. The van der Waals surface area contributed by atoms with E-state index in [1.807, 2.05) is 25.1 Å². The lowest BCUT2D eigenvalue weighted by Gasteiger charge is -2.12. The first-order chi connectivity index (χ1) is 13.5. The predicted molar refractivity (Wildman–Crippen MR) is 106 cm³/mol. The van der Waals surface area contributed by atoms with Gasteiger partial charge in [-0.3, -0.25) is 4.79 Å². The Hall–Kier alpha value is -3.13. The van der Waals surface area contributed by atoms with Crippen molar-refractivity contribution in [2.45, 2.75) is 24.5 Å². The quantitative estimate of drug-likeness (QED) is 0.496. The van der Waals surface area contributed by atoms with Crippen molar-refractivity contribution >= 4 is 29.3 Å². The molecule has 1 N–H and O–H groups in total. The van der Waals surface area contributed by atoms with E-state index in [-0.39, 0.29) is 5.91 Å². The number of thioether (sulfide) groups is 1. The van der Waals surface area contributed by atoms with Crippen LogP contribution in [-0.4, -0.2) is 29.1 Å². The normalized spacial score (nSPS) is 10.5. The van der Waals surface area contributed by atoms with Gasteiger partial charge in [-0.2, -0.15) is 4.98 Å². The lowest BCUT2D eigenvalue weighted by molar-refractivity contribution is 0.0600. The molecule has 0 aliphatic heterocycles. The van der Waals surface area contributed by atoms with Gasteiger partial charge in [0.15, 0.2) is 5.82 Å². The van der Waals surface area contributed by atoms with Crippen molar-refractivity contribution in [1.82, 2.24) is 10.1 Å². The molecule has 0 spiro atoms. The fourth-order valence-electron chi connectivity index (χ4n) is 2.56. The van der Waals surface area contributed by atoms with Crippen LogP contribution in [0.1, 0.15) is 38.0 Å². The zero-order valence-electron chi connectivity index (χ0n) is 15.7. The van der Waals surface area contributed by atoms with Crippen LogP contribution in [0.3, 0.4) is 0 Å². The van der Waals surface area contributed by atoms with Crippen molar-refractivity contribution in [3.63, 3.8) is 0 Å². The Morgan fingerprint density at radius 3 is 2.64 bits per heavy atom. The fraction of sp³-hybridized carbons (Fsp3) is 0.200. The van der Waals surface area contributed by atoms with Gasteiger partial charge in [0.25, 0.3) is 5.91 Å². The van der Waals surface area contributed by atoms with Crippen LogP contribution < -0.4 is 5.32 Å². The molecule has 0 radical (unpaired) electrons. The van der Waals surface area contributed by atoms with E-state index in [0.29, 0.717) is 34.3 Å². The van der Waals surface area contributed by atoms with Gasteiger partial charge in [0.05, 0.1) is 24.0 Å². The number of aromatic nitrogens is 2. The van der Waals surface area contributed by atoms with E-state index in [0.717, 1.165) is 10.5 Å². The number of nitrogens with one attached hydrogen (secondary N) is 1. The van der Waals surface area contributed by atoms with E-state index in [4.69, 9.17) is 9.26 Å². The molecular formula is C20H19N3O4S. The molecule has 0 aliphatic carbocycles. The van der Waals surface area contributed by atoms with Crippen molar-refractivity contribution in [2.24, 2.45) is 0 Å². The Kier molecular flexibility index (Phi) is 6.10. The second-order valence-electron chi connectivity index (χ2n) is 5.99. The number of carbonyl (C=O) groups is 2. The van der Waals surface area contributed by atoms with Gasteiger partial charge in [-0.25, -0.2) is 4.79 Å². The van der Waals surface area contributed by atoms with Crippen LogP contribution in [0, 0.1) is 13.8 Å². The number of ether oxygens (including phenoxy) is 1. The molecule has 0 bridgehead atoms. The summed E-state index contributed by atoms with van der Waals surface area (Å²) in [5.41, 5.74) is 2.38. The zero-order valence-corrected chi connectivity index (χ0v) is 16.5. The molecule has 8 heteroatoms. The molecule has 0 unspecified atom stereocenters. The Bertz CT molecular complexity index is 1020. The summed E-state index contributed by atoms with van der Waals surface area (Å²) in [4.78, 5) is 29.4. The van der Waals surface area contributed by atoms with Crippen LogP contribution in [0.4, 0.5) is 5.69 Å². The third kappa shape index (κ3) is 4.58. The van der Waals surface area contributed by atoms with Crippen LogP contribution in [0.5, 0.6) is 0 Å². The van der Waals surface area contributed by atoms with Crippen molar-refractivity contribution < 1.29 is 18.8 Å². The highest BCUT2D eigenvalue weighted by Crippen LogP contribution is 2.27. The summed E-state index contributed by atoms with van der Waals surface area (Å²) >= 11 is 1.46. The average molecular weight is 397 g/mol. The zero-order chi connectivity index (χ0) is 20.1. The van der Waals surface area contributed by atoms with Crippen LogP contribution >= 0.6 is 11.8 Å². The summed E-state index contributed by atoms with van der Waals surface area (Å²) in [5.74, 6) is 0.925. The monoisotopic (exact) mass is 397 g/mol. The summed E-state index contributed by atoms with van der Waals surface area (Å²) in [5, 5.41) is 6.77. The number of methoxy groups -OCH3 is 1. The van der Waals surface area contributed by atoms with Crippen LogP contribution in [0.25, 0.3) is 0 Å². The number of rotatable bonds is 6. The van der Waals surface area contributed by atoms with Gasteiger partial charge in [-0.15, -0.1) is 11.8 Å². The highest BCUT2D eigenvalue weighted by Gasteiger charge is 2.15. The smallest absolute Gasteiger partial charge is 0.337 e. The highest BCUT2D eigenvalue weighted by atomic mass is 32.2. The molecule has 1 amide bonds. The molecule has 0 atom stereocenters. The maximum absolute atomic E-state index is 12.8. The van der Waals surface area contributed by atoms with Gasteiger partial charge in [-0.05, 0) is 42.8 Å². The van der Waals surface area contributed by atoms with E-state index in [2.05, 4.69) is 15.5 Å². The average Bonchev–Trinajstić information content (AvgIpc) is 3.12. The Morgan fingerprint density at radius 2 is 1.96 bits per heavy atom. The topological polar surface area (TPSA) is 94.3 Å². The Morgan fingerprint density at radius 1 is 1.18 bits per heavy atom. The van der Waals surface area contributed by atoms with Crippen molar-refractivity contribution in [3.05, 3.63) is 70.9 Å². The number of hydrogen-bond donors (Lipinski definition) is 1. The largest absolute Gasteiger partial charge is 0.465 e. The molecule has 144 valence electrons. The first-order valence-corrected chi connectivity index (χ1v) is 9.48. The lowest BCUT2D eigenvalue weighted by Crippen LogP contribution is -2.14. The number of nitrogens with zero attached hydrogens (tertiary/aromatic N) is 2. The molecule has 0 saturated carbocycles. The van der Waals surface area contributed by atoms with E-state index >= 15 is 0 Å². The predicted octanol–water partition coefficient (Wildman–Crippen LogP) is 4.02. The summed E-state index contributed by atoms with van der Waals surface area (Å²) in [7, 11) is 1.33. The van der Waals surface area contributed by atoms with Crippen LogP contribution in [-0.2, 0) is 10.5 Å². The number of carbonyl (C=O) groups excluding carboxylic acids is 2. The van der Waals surface area contributed by atoms with Crippen LogP contribution in [0.15, 0.2) is 51.9 Å². The van der Waals surface area contributed by atoms with E-state index in [9.17, 15) is 9.59 Å². The fourth-order valence-corrected chi connectivity index (χ4v) is 3.45. The SMILES string of the molecule is COC(=O)c1ccc(NC(=O)c2ccccc2SCc2noc(C)n2)c(C)c1. The third-order valence-corrected chi connectivity index (χ3v) is 5.02. The third-order valence-electron chi connectivity index (χ3n) is 3.95. The van der Waals surface area contributed by atoms with Crippen molar-refractivity contribution in [1.29, 1.82) is 0 Å². The van der Waals surface area contributed by atoms with Gasteiger partial charge >= 0.3 is 5.97 Å². The molecular weight excluding hydrogens is 378 g/mol.